The number of nitrogens with zero attached hydrogens (tertiary/aromatic N) is 3. The first kappa shape index (κ1) is 11.4. The number of hydrogen-bond donors (Lipinski definition) is 2. The summed E-state index contributed by atoms with van der Waals surface area (Å²) in [6.45, 7) is 3.94. The summed E-state index contributed by atoms with van der Waals surface area (Å²) >= 11 is 0. The number of hydrogen-bond acceptors (Lipinski definition) is 5. The topological polar surface area (TPSA) is 81.8 Å². The first-order valence-electron chi connectivity index (χ1n) is 4.70. The van der Waals surface area contributed by atoms with Gasteiger partial charge >= 0.3 is 0 Å². The summed E-state index contributed by atoms with van der Waals surface area (Å²) in [4.78, 5) is 0. The lowest BCUT2D eigenvalue weighted by atomic mass is 10.0. The molecule has 0 spiro atoms. The van der Waals surface area contributed by atoms with E-state index in [2.05, 4.69) is 15.5 Å². The standard InChI is InChI=1S/C10H14N4O/c1-10(2,4-6-15)13-9-8(7-11)3-5-12-14-9/h3,5,15H,4,6H2,1-2H3,(H,13,14). The van der Waals surface area contributed by atoms with Gasteiger partial charge in [-0.15, -0.1) is 5.10 Å². The Bertz CT molecular complexity index is 370. The number of aliphatic hydroxyl groups is 1. The van der Waals surface area contributed by atoms with Crippen molar-refractivity contribution < 1.29 is 5.11 Å². The van der Waals surface area contributed by atoms with Crippen LogP contribution < -0.4 is 5.32 Å². The molecule has 80 valence electrons. The normalized spacial score (nSPS) is 10.8. The molecule has 0 aliphatic rings. The van der Waals surface area contributed by atoms with Crippen molar-refractivity contribution >= 4 is 5.82 Å². The van der Waals surface area contributed by atoms with Gasteiger partial charge in [0, 0.05) is 12.1 Å². The van der Waals surface area contributed by atoms with E-state index >= 15 is 0 Å². The largest absolute Gasteiger partial charge is 0.396 e. The molecule has 0 unspecified atom stereocenters. The molecule has 1 aromatic heterocycles. The molecule has 1 aromatic rings. The zero-order valence-electron chi connectivity index (χ0n) is 8.86. The molecule has 0 saturated heterocycles. The van der Waals surface area contributed by atoms with Crippen molar-refractivity contribution in [1.29, 1.82) is 5.26 Å². The van der Waals surface area contributed by atoms with Gasteiger partial charge in [0.25, 0.3) is 0 Å². The molecule has 5 nitrogen and oxygen atoms in total. The molecule has 0 aliphatic heterocycles. The molecule has 1 heterocycles. The van der Waals surface area contributed by atoms with Crippen molar-refractivity contribution in [2.24, 2.45) is 0 Å². The average Bonchev–Trinajstić information content (AvgIpc) is 2.17. The van der Waals surface area contributed by atoms with Crippen LogP contribution in [0.25, 0.3) is 0 Å². The highest BCUT2D eigenvalue weighted by Crippen LogP contribution is 2.17. The van der Waals surface area contributed by atoms with Gasteiger partial charge in [-0.25, -0.2) is 0 Å². The molecular weight excluding hydrogens is 192 g/mol. The highest BCUT2D eigenvalue weighted by Gasteiger charge is 2.18. The Labute approximate surface area is 88.8 Å². The quantitative estimate of drug-likeness (QED) is 0.765. The zero-order valence-corrected chi connectivity index (χ0v) is 8.86. The van der Waals surface area contributed by atoms with Crippen LogP contribution in [0.1, 0.15) is 25.8 Å². The monoisotopic (exact) mass is 206 g/mol. The minimum atomic E-state index is -0.309. The fourth-order valence-electron chi connectivity index (χ4n) is 1.18. The summed E-state index contributed by atoms with van der Waals surface area (Å²) in [6, 6.07) is 3.63. The predicted octanol–water partition coefficient (Wildman–Crippen LogP) is 0.921. The number of anilines is 1. The minimum Gasteiger partial charge on any atom is -0.396 e. The number of aromatic nitrogens is 2. The number of nitriles is 1. The molecule has 2 N–H and O–H groups in total. The molecule has 1 rings (SSSR count). The van der Waals surface area contributed by atoms with Crippen molar-refractivity contribution in [1.82, 2.24) is 10.2 Å². The van der Waals surface area contributed by atoms with Gasteiger partial charge in [0.05, 0.1) is 11.8 Å². The number of aliphatic hydroxyl groups excluding tert-OH is 1. The van der Waals surface area contributed by atoms with Crippen LogP contribution in [0.4, 0.5) is 5.82 Å². The van der Waals surface area contributed by atoms with Gasteiger partial charge in [-0.1, -0.05) is 0 Å². The van der Waals surface area contributed by atoms with Crippen LogP contribution >= 0.6 is 0 Å². The maximum absolute atomic E-state index is 8.87. The third kappa shape index (κ3) is 3.18. The molecule has 0 atom stereocenters. The van der Waals surface area contributed by atoms with E-state index in [0.717, 1.165) is 0 Å². The minimum absolute atomic E-state index is 0.0855. The van der Waals surface area contributed by atoms with Gasteiger partial charge in [0.2, 0.25) is 0 Å². The van der Waals surface area contributed by atoms with Gasteiger partial charge in [-0.2, -0.15) is 10.4 Å². The summed E-state index contributed by atoms with van der Waals surface area (Å²) in [7, 11) is 0. The first-order chi connectivity index (χ1) is 7.09. The SMILES string of the molecule is CC(C)(CCO)Nc1nnccc1C#N. The van der Waals surface area contributed by atoms with Crippen molar-refractivity contribution in [3.05, 3.63) is 17.8 Å². The highest BCUT2D eigenvalue weighted by molar-refractivity contribution is 5.51. The van der Waals surface area contributed by atoms with Crippen molar-refractivity contribution in [2.75, 3.05) is 11.9 Å². The number of nitrogens with one attached hydrogen (secondary N) is 1. The second-order valence-electron chi connectivity index (χ2n) is 3.89. The summed E-state index contributed by atoms with van der Waals surface area (Å²) in [5, 5.41) is 28.3. The Morgan fingerprint density at radius 2 is 2.33 bits per heavy atom. The lowest BCUT2D eigenvalue weighted by Crippen LogP contribution is -2.32. The average molecular weight is 206 g/mol. The Kier molecular flexibility index (Phi) is 3.58. The maximum atomic E-state index is 8.87. The van der Waals surface area contributed by atoms with E-state index in [1.54, 1.807) is 6.07 Å². The molecule has 0 aliphatic carbocycles. The van der Waals surface area contributed by atoms with E-state index < -0.39 is 0 Å². The van der Waals surface area contributed by atoms with Crippen LogP contribution in [0.15, 0.2) is 12.3 Å². The molecular formula is C10H14N4O. The van der Waals surface area contributed by atoms with E-state index in [1.807, 2.05) is 19.9 Å². The maximum Gasteiger partial charge on any atom is 0.167 e. The van der Waals surface area contributed by atoms with Crippen LogP contribution in [-0.4, -0.2) is 27.4 Å². The van der Waals surface area contributed by atoms with E-state index in [0.29, 0.717) is 17.8 Å². The van der Waals surface area contributed by atoms with E-state index in [4.69, 9.17) is 10.4 Å². The molecule has 0 fully saturated rings. The third-order valence-corrected chi connectivity index (χ3v) is 2.03. The lowest BCUT2D eigenvalue weighted by molar-refractivity contribution is 0.260. The Morgan fingerprint density at radius 1 is 1.60 bits per heavy atom. The predicted molar refractivity (Wildman–Crippen MR) is 56.2 cm³/mol. The van der Waals surface area contributed by atoms with Gasteiger partial charge in [0.15, 0.2) is 5.82 Å². The van der Waals surface area contributed by atoms with Crippen molar-refractivity contribution in [3.63, 3.8) is 0 Å². The Hall–Kier alpha value is -1.67. The van der Waals surface area contributed by atoms with Gasteiger partial charge < -0.3 is 10.4 Å². The second-order valence-corrected chi connectivity index (χ2v) is 3.89. The van der Waals surface area contributed by atoms with Gasteiger partial charge in [-0.3, -0.25) is 0 Å². The van der Waals surface area contributed by atoms with Crippen LogP contribution in [-0.2, 0) is 0 Å². The molecule has 0 saturated carbocycles. The molecule has 5 heteroatoms. The summed E-state index contributed by atoms with van der Waals surface area (Å²) in [5.74, 6) is 0.457. The Balaban J connectivity index is 2.85. The molecule has 15 heavy (non-hydrogen) atoms. The van der Waals surface area contributed by atoms with Crippen LogP contribution in [0.5, 0.6) is 0 Å². The molecule has 0 amide bonds. The smallest absolute Gasteiger partial charge is 0.167 e. The van der Waals surface area contributed by atoms with E-state index in [9.17, 15) is 0 Å². The van der Waals surface area contributed by atoms with Crippen molar-refractivity contribution in [3.8, 4) is 6.07 Å². The summed E-state index contributed by atoms with van der Waals surface area (Å²) in [5.41, 5.74) is 0.145. The van der Waals surface area contributed by atoms with E-state index in [1.165, 1.54) is 6.20 Å². The van der Waals surface area contributed by atoms with Gasteiger partial charge in [0.1, 0.15) is 6.07 Å². The summed E-state index contributed by atoms with van der Waals surface area (Å²) in [6.07, 6.45) is 2.05. The molecule has 0 aromatic carbocycles. The van der Waals surface area contributed by atoms with Crippen LogP contribution in [0.3, 0.4) is 0 Å². The second kappa shape index (κ2) is 4.71. The highest BCUT2D eigenvalue weighted by atomic mass is 16.3. The Morgan fingerprint density at radius 3 is 2.93 bits per heavy atom. The van der Waals surface area contributed by atoms with Crippen LogP contribution in [0.2, 0.25) is 0 Å². The van der Waals surface area contributed by atoms with E-state index in [-0.39, 0.29) is 12.1 Å². The fourth-order valence-corrected chi connectivity index (χ4v) is 1.18. The van der Waals surface area contributed by atoms with Crippen molar-refractivity contribution in [2.45, 2.75) is 25.8 Å². The third-order valence-electron chi connectivity index (χ3n) is 2.03. The first-order valence-corrected chi connectivity index (χ1v) is 4.70. The van der Waals surface area contributed by atoms with Crippen LogP contribution in [0, 0.1) is 11.3 Å². The molecule has 0 bridgehead atoms. The zero-order chi connectivity index (χ0) is 11.3. The fraction of sp³-hybridized carbons (Fsp3) is 0.500. The lowest BCUT2D eigenvalue weighted by Gasteiger charge is -2.25. The molecule has 0 radical (unpaired) electrons. The summed E-state index contributed by atoms with van der Waals surface area (Å²) < 4.78 is 0. The van der Waals surface area contributed by atoms with Gasteiger partial charge in [-0.05, 0) is 26.3 Å². The number of rotatable bonds is 4.